The molecule has 0 bridgehead atoms. The molecule has 0 aliphatic heterocycles. The molecular formula is C5H6F8O2. The highest BCUT2D eigenvalue weighted by Crippen LogP contribution is 2.51. The molecule has 0 saturated heterocycles. The molecule has 0 fully saturated rings. The largest absolute Gasteiger partial charge is 0.423 e. The number of alkyl halides is 8. The van der Waals surface area contributed by atoms with E-state index in [9.17, 15) is 35.1 Å². The van der Waals surface area contributed by atoms with Crippen LogP contribution in [0.5, 0.6) is 0 Å². The summed E-state index contributed by atoms with van der Waals surface area (Å²) in [5, 5.41) is 7.35. The standard InChI is InChI=1S/C5H4F8O.H2O/c1-2(6,7)3(8,9)4(10,11)5(12,13)14;/h14H,1H3;1H2. The maximum atomic E-state index is 12.1. The Morgan fingerprint density at radius 1 is 0.733 bits per heavy atom. The van der Waals surface area contributed by atoms with Crippen LogP contribution in [0.15, 0.2) is 0 Å². The highest BCUT2D eigenvalue weighted by Gasteiger charge is 2.79. The minimum absolute atomic E-state index is 0. The van der Waals surface area contributed by atoms with E-state index in [0.717, 1.165) is 0 Å². The molecule has 0 aromatic heterocycles. The zero-order valence-corrected chi connectivity index (χ0v) is 6.97. The molecule has 0 aliphatic carbocycles. The van der Waals surface area contributed by atoms with Crippen LogP contribution >= 0.6 is 0 Å². The Labute approximate surface area is 77.8 Å². The van der Waals surface area contributed by atoms with Gasteiger partial charge in [-0.2, -0.15) is 35.1 Å². The molecule has 0 heterocycles. The minimum Gasteiger partial charge on any atom is -0.412 e. The van der Waals surface area contributed by atoms with Gasteiger partial charge in [0, 0.05) is 6.92 Å². The fraction of sp³-hybridized carbons (Fsp3) is 1.00. The topological polar surface area (TPSA) is 51.7 Å². The third-order valence-electron chi connectivity index (χ3n) is 1.32. The van der Waals surface area contributed by atoms with E-state index in [4.69, 9.17) is 5.11 Å². The summed E-state index contributed by atoms with van der Waals surface area (Å²) in [6.45, 7) is -0.660. The van der Waals surface area contributed by atoms with Crippen molar-refractivity contribution in [1.82, 2.24) is 0 Å². The van der Waals surface area contributed by atoms with Crippen LogP contribution in [0.25, 0.3) is 0 Å². The number of halogens is 8. The van der Waals surface area contributed by atoms with Crippen molar-refractivity contribution < 1.29 is 45.7 Å². The van der Waals surface area contributed by atoms with Gasteiger partial charge in [0.1, 0.15) is 0 Å². The van der Waals surface area contributed by atoms with E-state index in [1.807, 2.05) is 0 Å². The number of hydrogen-bond acceptors (Lipinski definition) is 1. The average Bonchev–Trinajstić information content (AvgIpc) is 1.81. The van der Waals surface area contributed by atoms with Crippen molar-refractivity contribution in [2.45, 2.75) is 30.8 Å². The Morgan fingerprint density at radius 2 is 1.00 bits per heavy atom. The van der Waals surface area contributed by atoms with Gasteiger partial charge in [-0.25, -0.2) is 0 Å². The molecule has 15 heavy (non-hydrogen) atoms. The smallest absolute Gasteiger partial charge is 0.412 e. The molecule has 0 saturated carbocycles. The summed E-state index contributed by atoms with van der Waals surface area (Å²) < 4.78 is 94.8. The summed E-state index contributed by atoms with van der Waals surface area (Å²) in [6, 6.07) is 0. The summed E-state index contributed by atoms with van der Waals surface area (Å²) in [5.74, 6) is -18.3. The fourth-order valence-electron chi connectivity index (χ4n) is 0.465. The van der Waals surface area contributed by atoms with Gasteiger partial charge >= 0.3 is 23.9 Å². The lowest BCUT2D eigenvalue weighted by Crippen LogP contribution is -2.61. The Kier molecular flexibility index (Phi) is 4.18. The summed E-state index contributed by atoms with van der Waals surface area (Å²) in [6.07, 6.45) is -6.23. The number of aliphatic hydroxyl groups is 1. The molecule has 94 valence electrons. The van der Waals surface area contributed by atoms with Crippen molar-refractivity contribution in [3.05, 3.63) is 0 Å². The predicted molar refractivity (Wildman–Crippen MR) is 31.3 cm³/mol. The van der Waals surface area contributed by atoms with Gasteiger partial charge in [0.15, 0.2) is 0 Å². The van der Waals surface area contributed by atoms with Crippen LogP contribution < -0.4 is 0 Å². The maximum absolute atomic E-state index is 12.1. The molecule has 3 N–H and O–H groups in total. The van der Waals surface area contributed by atoms with Crippen LogP contribution in [0, 0.1) is 0 Å². The monoisotopic (exact) mass is 250 g/mol. The predicted octanol–water partition coefficient (Wildman–Crippen LogP) is 1.67. The number of rotatable bonds is 3. The third kappa shape index (κ3) is 2.48. The van der Waals surface area contributed by atoms with Gasteiger partial charge in [0.25, 0.3) is 0 Å². The van der Waals surface area contributed by atoms with Crippen LogP contribution in [0.3, 0.4) is 0 Å². The number of hydrogen-bond donors (Lipinski definition) is 1. The Morgan fingerprint density at radius 3 is 1.07 bits per heavy atom. The molecule has 0 atom stereocenters. The molecule has 0 aliphatic rings. The van der Waals surface area contributed by atoms with Gasteiger partial charge in [-0.05, 0) is 0 Å². The van der Waals surface area contributed by atoms with E-state index in [2.05, 4.69) is 0 Å². The van der Waals surface area contributed by atoms with Crippen molar-refractivity contribution in [1.29, 1.82) is 0 Å². The summed E-state index contributed by atoms with van der Waals surface area (Å²) >= 11 is 0. The summed E-state index contributed by atoms with van der Waals surface area (Å²) in [5.41, 5.74) is 0. The van der Waals surface area contributed by atoms with E-state index in [0.29, 0.717) is 0 Å². The van der Waals surface area contributed by atoms with Crippen molar-refractivity contribution in [3.63, 3.8) is 0 Å². The first-order valence-electron chi connectivity index (χ1n) is 2.99. The van der Waals surface area contributed by atoms with Gasteiger partial charge in [0.05, 0.1) is 0 Å². The van der Waals surface area contributed by atoms with Gasteiger partial charge in [-0.15, -0.1) is 0 Å². The maximum Gasteiger partial charge on any atom is 0.423 e. The second-order valence-corrected chi connectivity index (χ2v) is 2.58. The molecule has 0 aromatic rings. The molecule has 0 rings (SSSR count). The van der Waals surface area contributed by atoms with Crippen LogP contribution in [-0.4, -0.2) is 34.5 Å². The molecule has 10 heteroatoms. The lowest BCUT2D eigenvalue weighted by molar-refractivity contribution is -0.414. The van der Waals surface area contributed by atoms with Crippen molar-refractivity contribution in [2.75, 3.05) is 0 Å². The highest BCUT2D eigenvalue weighted by molar-refractivity contribution is 4.97. The van der Waals surface area contributed by atoms with Crippen LogP contribution in [0.2, 0.25) is 0 Å². The van der Waals surface area contributed by atoms with E-state index in [-0.39, 0.29) is 5.48 Å². The summed E-state index contributed by atoms with van der Waals surface area (Å²) in [7, 11) is 0. The fourth-order valence-corrected chi connectivity index (χ4v) is 0.465. The minimum atomic E-state index is -6.54. The third-order valence-corrected chi connectivity index (χ3v) is 1.32. The second-order valence-electron chi connectivity index (χ2n) is 2.58. The van der Waals surface area contributed by atoms with E-state index in [1.165, 1.54) is 0 Å². The van der Waals surface area contributed by atoms with Crippen molar-refractivity contribution in [2.24, 2.45) is 0 Å². The quantitative estimate of drug-likeness (QED) is 0.761. The normalized spacial score (nSPS) is 14.8. The van der Waals surface area contributed by atoms with Gasteiger partial charge in [-0.1, -0.05) is 0 Å². The summed E-state index contributed by atoms with van der Waals surface area (Å²) in [4.78, 5) is 0. The van der Waals surface area contributed by atoms with E-state index >= 15 is 0 Å². The van der Waals surface area contributed by atoms with Crippen LogP contribution in [-0.2, 0) is 0 Å². The second kappa shape index (κ2) is 3.74. The van der Waals surface area contributed by atoms with E-state index in [1.54, 1.807) is 0 Å². The molecule has 0 unspecified atom stereocenters. The van der Waals surface area contributed by atoms with Gasteiger partial charge in [0.2, 0.25) is 0 Å². The van der Waals surface area contributed by atoms with Gasteiger partial charge in [-0.3, -0.25) is 0 Å². The first-order chi connectivity index (χ1) is 5.75. The van der Waals surface area contributed by atoms with Crippen LogP contribution in [0.4, 0.5) is 35.1 Å². The molecule has 2 nitrogen and oxygen atoms in total. The zero-order chi connectivity index (χ0) is 12.0. The Bertz CT molecular complexity index is 190. The average molecular weight is 250 g/mol. The molecular weight excluding hydrogens is 244 g/mol. The molecule has 0 amide bonds. The van der Waals surface area contributed by atoms with Crippen molar-refractivity contribution >= 4 is 0 Å². The molecule has 0 spiro atoms. The lowest BCUT2D eigenvalue weighted by Gasteiger charge is -2.32. The van der Waals surface area contributed by atoms with Crippen LogP contribution in [0.1, 0.15) is 6.92 Å². The van der Waals surface area contributed by atoms with Gasteiger partial charge < -0.3 is 10.6 Å². The lowest BCUT2D eigenvalue weighted by atomic mass is 10.1. The zero-order valence-electron chi connectivity index (χ0n) is 6.97. The van der Waals surface area contributed by atoms with Crippen molar-refractivity contribution in [3.8, 4) is 0 Å². The Balaban J connectivity index is 0. The molecule has 0 aromatic carbocycles. The molecule has 0 radical (unpaired) electrons. The first-order valence-corrected chi connectivity index (χ1v) is 2.99. The SMILES string of the molecule is CC(F)(F)C(F)(F)C(F)(F)C(O)(F)F.O. The Hall–Kier alpha value is -0.640. The first kappa shape index (κ1) is 16.8. The van der Waals surface area contributed by atoms with E-state index < -0.39 is 30.8 Å². The highest BCUT2D eigenvalue weighted by atomic mass is 19.4.